The molecular weight excluding hydrogens is 238 g/mol. The van der Waals surface area contributed by atoms with Crippen LogP contribution in [0.2, 0.25) is 5.02 Å². The second-order valence-electron chi connectivity index (χ2n) is 3.48. The first-order valence-electron chi connectivity index (χ1n) is 5.03. The van der Waals surface area contributed by atoms with Crippen molar-refractivity contribution in [1.29, 1.82) is 0 Å². The number of hydrogen-bond acceptors (Lipinski definition) is 3. The van der Waals surface area contributed by atoms with Gasteiger partial charge in [0.1, 0.15) is 0 Å². The molecule has 0 saturated heterocycles. The Morgan fingerprint density at radius 2 is 2.18 bits per heavy atom. The molecule has 0 aliphatic heterocycles. The molecule has 2 heterocycles. The van der Waals surface area contributed by atoms with E-state index >= 15 is 0 Å². The van der Waals surface area contributed by atoms with E-state index in [1.54, 1.807) is 36.8 Å². The average molecular weight is 248 g/mol. The molecule has 0 spiro atoms. The fourth-order valence-electron chi connectivity index (χ4n) is 1.38. The Balaban J connectivity index is 1.98. The van der Waals surface area contributed by atoms with Crippen LogP contribution in [-0.4, -0.2) is 15.9 Å². The Morgan fingerprint density at radius 1 is 1.29 bits per heavy atom. The SMILES string of the molecule is O=C(Cc1cncc(Cl)c1)Nc1cccnc1. The van der Waals surface area contributed by atoms with Crippen LogP contribution in [0.15, 0.2) is 43.0 Å². The normalized spacial score (nSPS) is 9.94. The lowest BCUT2D eigenvalue weighted by Crippen LogP contribution is -2.14. The van der Waals surface area contributed by atoms with E-state index in [4.69, 9.17) is 11.6 Å². The number of rotatable bonds is 3. The van der Waals surface area contributed by atoms with Gasteiger partial charge in [0.15, 0.2) is 0 Å². The van der Waals surface area contributed by atoms with Crippen LogP contribution in [0.25, 0.3) is 0 Å². The van der Waals surface area contributed by atoms with Gasteiger partial charge in [-0.25, -0.2) is 0 Å². The molecule has 0 bridgehead atoms. The van der Waals surface area contributed by atoms with Gasteiger partial charge in [-0.3, -0.25) is 14.8 Å². The van der Waals surface area contributed by atoms with Gasteiger partial charge in [-0.2, -0.15) is 0 Å². The molecule has 2 aromatic heterocycles. The topological polar surface area (TPSA) is 54.9 Å². The standard InChI is InChI=1S/C12H10ClN3O/c13-10-4-9(6-15-7-10)5-12(17)16-11-2-1-3-14-8-11/h1-4,6-8H,5H2,(H,16,17). The largest absolute Gasteiger partial charge is 0.324 e. The summed E-state index contributed by atoms with van der Waals surface area (Å²) in [6, 6.07) is 5.26. The molecule has 2 rings (SSSR count). The van der Waals surface area contributed by atoms with Crippen LogP contribution in [0.3, 0.4) is 0 Å². The Hall–Kier alpha value is -1.94. The van der Waals surface area contributed by atoms with Crippen molar-refractivity contribution >= 4 is 23.2 Å². The number of carbonyl (C=O) groups is 1. The maximum atomic E-state index is 11.7. The van der Waals surface area contributed by atoms with E-state index < -0.39 is 0 Å². The van der Waals surface area contributed by atoms with E-state index in [1.807, 2.05) is 0 Å². The van der Waals surface area contributed by atoms with Crippen molar-refractivity contribution in [3.63, 3.8) is 0 Å². The molecule has 2 aromatic rings. The molecule has 0 unspecified atom stereocenters. The number of aromatic nitrogens is 2. The number of pyridine rings is 2. The third-order valence-electron chi connectivity index (χ3n) is 2.07. The van der Waals surface area contributed by atoms with Crippen molar-refractivity contribution in [2.45, 2.75) is 6.42 Å². The molecule has 0 fully saturated rings. The zero-order valence-electron chi connectivity index (χ0n) is 8.93. The summed E-state index contributed by atoms with van der Waals surface area (Å²) in [6.07, 6.45) is 6.63. The van der Waals surface area contributed by atoms with Gasteiger partial charge in [0, 0.05) is 18.6 Å². The van der Waals surface area contributed by atoms with E-state index in [1.165, 1.54) is 6.20 Å². The van der Waals surface area contributed by atoms with E-state index in [-0.39, 0.29) is 12.3 Å². The van der Waals surface area contributed by atoms with E-state index in [9.17, 15) is 4.79 Å². The molecule has 1 amide bonds. The number of nitrogens with zero attached hydrogens (tertiary/aromatic N) is 2. The van der Waals surface area contributed by atoms with Gasteiger partial charge in [-0.1, -0.05) is 11.6 Å². The summed E-state index contributed by atoms with van der Waals surface area (Å²) in [5, 5.41) is 3.26. The van der Waals surface area contributed by atoms with Crippen LogP contribution in [0.5, 0.6) is 0 Å². The highest BCUT2D eigenvalue weighted by Crippen LogP contribution is 2.10. The maximum absolute atomic E-state index is 11.7. The van der Waals surface area contributed by atoms with Crippen LogP contribution in [0.4, 0.5) is 5.69 Å². The molecule has 0 radical (unpaired) electrons. The van der Waals surface area contributed by atoms with Gasteiger partial charge in [0.2, 0.25) is 5.91 Å². The molecule has 0 aromatic carbocycles. The Labute approximate surface area is 104 Å². The highest BCUT2D eigenvalue weighted by molar-refractivity contribution is 6.30. The second kappa shape index (κ2) is 5.41. The first-order chi connectivity index (χ1) is 8.24. The molecule has 0 saturated carbocycles. The van der Waals surface area contributed by atoms with Gasteiger partial charge >= 0.3 is 0 Å². The predicted octanol–water partition coefficient (Wildman–Crippen LogP) is 2.31. The lowest BCUT2D eigenvalue weighted by molar-refractivity contribution is -0.115. The number of anilines is 1. The van der Waals surface area contributed by atoms with Crippen LogP contribution >= 0.6 is 11.6 Å². The Bertz CT molecular complexity index is 516. The van der Waals surface area contributed by atoms with Crippen LogP contribution in [0.1, 0.15) is 5.56 Å². The third-order valence-corrected chi connectivity index (χ3v) is 2.28. The monoisotopic (exact) mass is 247 g/mol. The number of nitrogens with one attached hydrogen (secondary N) is 1. The van der Waals surface area contributed by atoms with E-state index in [2.05, 4.69) is 15.3 Å². The maximum Gasteiger partial charge on any atom is 0.228 e. The molecule has 5 heteroatoms. The summed E-state index contributed by atoms with van der Waals surface area (Å²) in [4.78, 5) is 19.5. The van der Waals surface area contributed by atoms with Gasteiger partial charge in [-0.15, -0.1) is 0 Å². The average Bonchev–Trinajstić information content (AvgIpc) is 2.30. The number of halogens is 1. The summed E-state index contributed by atoms with van der Waals surface area (Å²) in [7, 11) is 0. The fourth-order valence-corrected chi connectivity index (χ4v) is 1.58. The summed E-state index contributed by atoms with van der Waals surface area (Å²) >= 11 is 5.78. The highest BCUT2D eigenvalue weighted by atomic mass is 35.5. The van der Waals surface area contributed by atoms with E-state index in [0.717, 1.165) is 5.56 Å². The molecule has 0 aliphatic carbocycles. The molecule has 86 valence electrons. The third kappa shape index (κ3) is 3.53. The summed E-state index contributed by atoms with van der Waals surface area (Å²) in [6.45, 7) is 0. The van der Waals surface area contributed by atoms with Crippen molar-refractivity contribution in [3.05, 3.63) is 53.6 Å². The first-order valence-corrected chi connectivity index (χ1v) is 5.41. The van der Waals surface area contributed by atoms with E-state index in [0.29, 0.717) is 10.7 Å². The van der Waals surface area contributed by atoms with Gasteiger partial charge < -0.3 is 5.32 Å². The summed E-state index contributed by atoms with van der Waals surface area (Å²) in [5.74, 6) is -0.123. The van der Waals surface area contributed by atoms with Crippen molar-refractivity contribution in [2.75, 3.05) is 5.32 Å². The minimum atomic E-state index is -0.123. The zero-order valence-corrected chi connectivity index (χ0v) is 9.69. The van der Waals surface area contributed by atoms with Crippen LogP contribution in [0, 0.1) is 0 Å². The van der Waals surface area contributed by atoms with Crippen molar-refractivity contribution in [2.24, 2.45) is 0 Å². The minimum Gasteiger partial charge on any atom is -0.324 e. The lowest BCUT2D eigenvalue weighted by atomic mass is 10.2. The molecule has 0 atom stereocenters. The Morgan fingerprint density at radius 3 is 2.88 bits per heavy atom. The smallest absolute Gasteiger partial charge is 0.228 e. The molecule has 4 nitrogen and oxygen atoms in total. The summed E-state index contributed by atoms with van der Waals surface area (Å²) in [5.41, 5.74) is 1.45. The minimum absolute atomic E-state index is 0.123. The van der Waals surface area contributed by atoms with Crippen LogP contribution in [-0.2, 0) is 11.2 Å². The number of hydrogen-bond donors (Lipinski definition) is 1. The van der Waals surface area contributed by atoms with Crippen molar-refractivity contribution < 1.29 is 4.79 Å². The van der Waals surface area contributed by atoms with Crippen molar-refractivity contribution in [3.8, 4) is 0 Å². The van der Waals surface area contributed by atoms with Gasteiger partial charge in [-0.05, 0) is 23.8 Å². The fraction of sp³-hybridized carbons (Fsp3) is 0.0833. The number of carbonyl (C=O) groups excluding carboxylic acids is 1. The molecule has 17 heavy (non-hydrogen) atoms. The predicted molar refractivity (Wildman–Crippen MR) is 65.8 cm³/mol. The molecule has 0 aliphatic rings. The van der Waals surface area contributed by atoms with Crippen LogP contribution < -0.4 is 5.32 Å². The lowest BCUT2D eigenvalue weighted by Gasteiger charge is -2.04. The summed E-state index contributed by atoms with van der Waals surface area (Å²) < 4.78 is 0. The first kappa shape index (κ1) is 11.5. The highest BCUT2D eigenvalue weighted by Gasteiger charge is 2.04. The molecule has 1 N–H and O–H groups in total. The number of amides is 1. The Kier molecular flexibility index (Phi) is 3.67. The zero-order chi connectivity index (χ0) is 12.1. The second-order valence-corrected chi connectivity index (χ2v) is 3.91. The molecular formula is C12H10ClN3O. The van der Waals surface area contributed by atoms with Gasteiger partial charge in [0.25, 0.3) is 0 Å². The van der Waals surface area contributed by atoms with Gasteiger partial charge in [0.05, 0.1) is 23.3 Å². The van der Waals surface area contributed by atoms with Crippen molar-refractivity contribution in [1.82, 2.24) is 9.97 Å². The quantitative estimate of drug-likeness (QED) is 0.906.